The van der Waals surface area contributed by atoms with Crippen molar-refractivity contribution in [2.45, 2.75) is 26.1 Å². The van der Waals surface area contributed by atoms with Gasteiger partial charge in [-0.1, -0.05) is 13.0 Å². The predicted octanol–water partition coefficient (Wildman–Crippen LogP) is 1.93. The van der Waals surface area contributed by atoms with E-state index in [9.17, 15) is 0 Å². The van der Waals surface area contributed by atoms with Gasteiger partial charge in [-0.05, 0) is 30.8 Å². The SMILES string of the molecule is CC[C@H]1CN(Cn2nc3ccccn3c2=S)CCO1. The lowest BCUT2D eigenvalue weighted by atomic mass is 10.2. The standard InChI is InChI=1S/C13H18N4OS/c1-2-11-9-15(7-8-18-11)10-17-13(19)16-6-4-3-5-12(16)14-17/h3-6,11H,2,7-10H2,1H3/t11-/m0/s1. The number of ether oxygens (including phenoxy) is 1. The number of aromatic nitrogens is 3. The number of hydrogen-bond acceptors (Lipinski definition) is 4. The monoisotopic (exact) mass is 278 g/mol. The summed E-state index contributed by atoms with van der Waals surface area (Å²) in [6.07, 6.45) is 3.34. The van der Waals surface area contributed by atoms with Crippen molar-refractivity contribution in [3.63, 3.8) is 0 Å². The fourth-order valence-corrected chi connectivity index (χ4v) is 2.66. The molecule has 0 N–H and O–H groups in total. The first-order valence-corrected chi connectivity index (χ1v) is 7.07. The van der Waals surface area contributed by atoms with E-state index < -0.39 is 0 Å². The third-order valence-corrected chi connectivity index (χ3v) is 3.91. The molecule has 0 spiro atoms. The van der Waals surface area contributed by atoms with Gasteiger partial charge in [-0.25, -0.2) is 4.68 Å². The van der Waals surface area contributed by atoms with Crippen LogP contribution >= 0.6 is 12.2 Å². The largest absolute Gasteiger partial charge is 0.376 e. The lowest BCUT2D eigenvalue weighted by molar-refractivity contribution is -0.0412. The van der Waals surface area contributed by atoms with Gasteiger partial charge in [0, 0.05) is 19.3 Å². The molecule has 3 rings (SSSR count). The highest BCUT2D eigenvalue weighted by Crippen LogP contribution is 2.10. The Morgan fingerprint density at radius 1 is 1.47 bits per heavy atom. The maximum Gasteiger partial charge on any atom is 0.203 e. The molecule has 1 fully saturated rings. The predicted molar refractivity (Wildman–Crippen MR) is 75.6 cm³/mol. The minimum Gasteiger partial charge on any atom is -0.376 e. The minimum absolute atomic E-state index is 0.333. The van der Waals surface area contributed by atoms with Crippen molar-refractivity contribution in [3.05, 3.63) is 29.2 Å². The van der Waals surface area contributed by atoms with Gasteiger partial charge in [0.05, 0.1) is 19.4 Å². The molecule has 0 unspecified atom stereocenters. The van der Waals surface area contributed by atoms with Crippen molar-refractivity contribution in [1.82, 2.24) is 19.1 Å². The summed E-state index contributed by atoms with van der Waals surface area (Å²) < 4.78 is 10.3. The lowest BCUT2D eigenvalue weighted by Crippen LogP contribution is -2.43. The molecular weight excluding hydrogens is 260 g/mol. The number of fused-ring (bicyclic) bond motifs is 1. The highest BCUT2D eigenvalue weighted by atomic mass is 32.1. The number of hydrogen-bond donors (Lipinski definition) is 0. The zero-order valence-corrected chi connectivity index (χ0v) is 11.8. The Kier molecular flexibility index (Phi) is 3.63. The molecule has 2 aromatic heterocycles. The molecule has 1 aliphatic heterocycles. The summed E-state index contributed by atoms with van der Waals surface area (Å²) in [5.74, 6) is 0. The zero-order chi connectivity index (χ0) is 13.2. The van der Waals surface area contributed by atoms with E-state index in [4.69, 9.17) is 17.0 Å². The van der Waals surface area contributed by atoms with Crippen LogP contribution in [-0.2, 0) is 11.4 Å². The lowest BCUT2D eigenvalue weighted by Gasteiger charge is -2.31. The first-order valence-electron chi connectivity index (χ1n) is 6.66. The van der Waals surface area contributed by atoms with Gasteiger partial charge in [-0.2, -0.15) is 5.10 Å². The Balaban J connectivity index is 1.81. The zero-order valence-electron chi connectivity index (χ0n) is 11.0. The third kappa shape index (κ3) is 2.56. The third-order valence-electron chi connectivity index (χ3n) is 3.50. The molecule has 2 aromatic rings. The van der Waals surface area contributed by atoms with Gasteiger partial charge in [0.25, 0.3) is 0 Å². The van der Waals surface area contributed by atoms with E-state index in [2.05, 4.69) is 16.9 Å². The molecule has 0 amide bonds. The van der Waals surface area contributed by atoms with Gasteiger partial charge < -0.3 is 4.74 Å². The van der Waals surface area contributed by atoms with Crippen LogP contribution in [0.5, 0.6) is 0 Å². The average molecular weight is 278 g/mol. The molecular formula is C13H18N4OS. The maximum absolute atomic E-state index is 5.68. The fraction of sp³-hybridized carbons (Fsp3) is 0.538. The van der Waals surface area contributed by atoms with E-state index in [-0.39, 0.29) is 0 Å². The fourth-order valence-electron chi connectivity index (χ4n) is 2.41. The molecule has 1 saturated heterocycles. The summed E-state index contributed by atoms with van der Waals surface area (Å²) in [5, 5.41) is 4.55. The van der Waals surface area contributed by atoms with Crippen LogP contribution in [0.4, 0.5) is 0 Å². The summed E-state index contributed by atoms with van der Waals surface area (Å²) >= 11 is 5.46. The summed E-state index contributed by atoms with van der Waals surface area (Å²) in [6.45, 7) is 5.57. The number of rotatable bonds is 3. The van der Waals surface area contributed by atoms with E-state index in [0.717, 1.165) is 43.2 Å². The summed E-state index contributed by atoms with van der Waals surface area (Å²) in [5.41, 5.74) is 0.896. The van der Waals surface area contributed by atoms with Crippen LogP contribution in [0, 0.1) is 4.77 Å². The van der Waals surface area contributed by atoms with Crippen LogP contribution in [0.2, 0.25) is 0 Å². The first kappa shape index (κ1) is 12.8. The van der Waals surface area contributed by atoms with Gasteiger partial charge in [-0.15, -0.1) is 0 Å². The highest BCUT2D eigenvalue weighted by molar-refractivity contribution is 7.71. The Morgan fingerprint density at radius 3 is 3.16 bits per heavy atom. The van der Waals surface area contributed by atoms with Gasteiger partial charge in [-0.3, -0.25) is 9.30 Å². The molecule has 0 aliphatic carbocycles. The van der Waals surface area contributed by atoms with Gasteiger partial charge in [0.15, 0.2) is 5.65 Å². The Hall–Kier alpha value is -1.24. The molecule has 0 aromatic carbocycles. The van der Waals surface area contributed by atoms with E-state index in [0.29, 0.717) is 6.10 Å². The van der Waals surface area contributed by atoms with E-state index in [1.165, 1.54) is 0 Å². The molecule has 1 atom stereocenters. The van der Waals surface area contributed by atoms with Crippen LogP contribution in [0.3, 0.4) is 0 Å². The van der Waals surface area contributed by atoms with E-state index >= 15 is 0 Å². The van der Waals surface area contributed by atoms with Crippen LogP contribution in [-0.4, -0.2) is 44.9 Å². The normalized spacial score (nSPS) is 21.0. The summed E-state index contributed by atoms with van der Waals surface area (Å²) in [7, 11) is 0. The van der Waals surface area contributed by atoms with Crippen molar-refractivity contribution >= 4 is 17.9 Å². The molecule has 102 valence electrons. The smallest absolute Gasteiger partial charge is 0.203 e. The quantitative estimate of drug-likeness (QED) is 0.804. The van der Waals surface area contributed by atoms with Crippen LogP contribution < -0.4 is 0 Å². The van der Waals surface area contributed by atoms with Crippen LogP contribution in [0.15, 0.2) is 24.4 Å². The van der Waals surface area contributed by atoms with Crippen molar-refractivity contribution in [1.29, 1.82) is 0 Å². The first-order chi connectivity index (χ1) is 9.28. The van der Waals surface area contributed by atoms with E-state index in [1.54, 1.807) is 0 Å². The molecule has 0 bridgehead atoms. The Labute approximate surface area is 117 Å². The minimum atomic E-state index is 0.333. The molecule has 5 nitrogen and oxygen atoms in total. The molecule has 19 heavy (non-hydrogen) atoms. The van der Waals surface area contributed by atoms with Crippen molar-refractivity contribution in [2.24, 2.45) is 0 Å². The number of nitrogens with zero attached hydrogens (tertiary/aromatic N) is 4. The highest BCUT2D eigenvalue weighted by Gasteiger charge is 2.19. The molecule has 3 heterocycles. The second kappa shape index (κ2) is 5.40. The molecule has 0 radical (unpaired) electrons. The summed E-state index contributed by atoms with van der Waals surface area (Å²) in [4.78, 5) is 2.35. The van der Waals surface area contributed by atoms with Crippen molar-refractivity contribution < 1.29 is 4.74 Å². The van der Waals surface area contributed by atoms with Crippen molar-refractivity contribution in [2.75, 3.05) is 19.7 Å². The second-order valence-electron chi connectivity index (χ2n) is 4.83. The van der Waals surface area contributed by atoms with Crippen molar-refractivity contribution in [3.8, 4) is 0 Å². The van der Waals surface area contributed by atoms with Crippen LogP contribution in [0.25, 0.3) is 5.65 Å². The van der Waals surface area contributed by atoms with E-state index in [1.807, 2.05) is 33.5 Å². The Morgan fingerprint density at radius 2 is 2.37 bits per heavy atom. The van der Waals surface area contributed by atoms with Crippen LogP contribution in [0.1, 0.15) is 13.3 Å². The summed E-state index contributed by atoms with van der Waals surface area (Å²) in [6, 6.07) is 5.92. The topological polar surface area (TPSA) is 34.7 Å². The molecule has 0 saturated carbocycles. The molecule has 1 aliphatic rings. The average Bonchev–Trinajstić information content (AvgIpc) is 2.76. The maximum atomic E-state index is 5.68. The van der Waals surface area contributed by atoms with Gasteiger partial charge in [0.1, 0.15) is 0 Å². The number of pyridine rings is 1. The second-order valence-corrected chi connectivity index (χ2v) is 5.20. The molecule has 6 heteroatoms. The van der Waals surface area contributed by atoms with Gasteiger partial charge in [0.2, 0.25) is 4.77 Å². The Bertz CT molecular complexity index is 620. The van der Waals surface area contributed by atoms with Gasteiger partial charge >= 0.3 is 0 Å². The number of morpholine rings is 1.